The summed E-state index contributed by atoms with van der Waals surface area (Å²) in [5, 5.41) is 0. The molecule has 0 amide bonds. The standard InChI is InChI=1S/C30H36N2O2/c1-22-17-23(2)19-27(18-22)25-12-14-30(34-16-15-31(3)4)28(20-25)29(33)13-11-24-9-7-8-10-26(24)21-32(5)6/h7-14,17-20H,15-16,21H2,1-6H3/b13-11+. The van der Waals surface area contributed by atoms with E-state index in [-0.39, 0.29) is 5.78 Å². The van der Waals surface area contributed by atoms with E-state index < -0.39 is 0 Å². The number of likely N-dealkylation sites (N-methyl/N-ethyl adjacent to an activating group) is 1. The molecule has 0 aliphatic carbocycles. The lowest BCUT2D eigenvalue weighted by Crippen LogP contribution is -2.20. The number of ether oxygens (including phenoxy) is 1. The number of nitrogens with zero attached hydrogens (tertiary/aromatic N) is 2. The summed E-state index contributed by atoms with van der Waals surface area (Å²) in [7, 11) is 8.10. The Morgan fingerprint density at radius 3 is 2.24 bits per heavy atom. The largest absolute Gasteiger partial charge is 0.491 e. The molecule has 3 aromatic carbocycles. The van der Waals surface area contributed by atoms with Crippen molar-refractivity contribution in [1.29, 1.82) is 0 Å². The second kappa shape index (κ2) is 11.8. The quantitative estimate of drug-likeness (QED) is 0.282. The summed E-state index contributed by atoms with van der Waals surface area (Å²) in [6.07, 6.45) is 3.57. The van der Waals surface area contributed by atoms with Gasteiger partial charge < -0.3 is 14.5 Å². The number of hydrogen-bond acceptors (Lipinski definition) is 4. The Morgan fingerprint density at radius 2 is 1.56 bits per heavy atom. The minimum Gasteiger partial charge on any atom is -0.491 e. The maximum Gasteiger partial charge on any atom is 0.189 e. The SMILES string of the molecule is Cc1cc(C)cc(-c2ccc(OCCN(C)C)c(C(=O)/C=C/c3ccccc3CN(C)C)c2)c1. The lowest BCUT2D eigenvalue weighted by atomic mass is 9.97. The van der Waals surface area contributed by atoms with E-state index in [2.05, 4.69) is 47.9 Å². The summed E-state index contributed by atoms with van der Waals surface area (Å²) < 4.78 is 6.03. The Hall–Kier alpha value is -3.21. The van der Waals surface area contributed by atoms with Crippen LogP contribution in [0.2, 0.25) is 0 Å². The van der Waals surface area contributed by atoms with Gasteiger partial charge in [-0.25, -0.2) is 0 Å². The predicted octanol–water partition coefficient (Wildman–Crippen LogP) is 5.87. The number of rotatable bonds is 10. The van der Waals surface area contributed by atoms with Gasteiger partial charge in [-0.05, 0) is 82.5 Å². The van der Waals surface area contributed by atoms with Crippen LogP contribution < -0.4 is 4.74 Å². The van der Waals surface area contributed by atoms with Gasteiger partial charge in [-0.15, -0.1) is 0 Å². The Balaban J connectivity index is 1.96. The van der Waals surface area contributed by atoms with E-state index in [1.165, 1.54) is 16.7 Å². The highest BCUT2D eigenvalue weighted by Gasteiger charge is 2.14. The second-order valence-corrected chi connectivity index (χ2v) is 9.37. The van der Waals surface area contributed by atoms with Gasteiger partial charge >= 0.3 is 0 Å². The van der Waals surface area contributed by atoms with E-state index in [0.29, 0.717) is 17.9 Å². The van der Waals surface area contributed by atoms with Gasteiger partial charge in [0, 0.05) is 13.1 Å². The van der Waals surface area contributed by atoms with Crippen LogP contribution in [0, 0.1) is 13.8 Å². The minimum atomic E-state index is -0.0641. The van der Waals surface area contributed by atoms with Crippen LogP contribution in [0.15, 0.2) is 66.7 Å². The van der Waals surface area contributed by atoms with Crippen LogP contribution in [0.1, 0.15) is 32.6 Å². The third kappa shape index (κ3) is 7.14. The first-order chi connectivity index (χ1) is 16.2. The van der Waals surface area contributed by atoms with Crippen molar-refractivity contribution in [1.82, 2.24) is 9.80 Å². The van der Waals surface area contributed by atoms with Crippen LogP contribution in [0.25, 0.3) is 17.2 Å². The smallest absolute Gasteiger partial charge is 0.189 e. The van der Waals surface area contributed by atoms with Crippen molar-refractivity contribution in [2.24, 2.45) is 0 Å². The molecule has 0 aromatic heterocycles. The maximum absolute atomic E-state index is 13.4. The van der Waals surface area contributed by atoms with Gasteiger partial charge in [0.1, 0.15) is 12.4 Å². The molecule has 0 aliphatic rings. The third-order valence-corrected chi connectivity index (χ3v) is 5.55. The van der Waals surface area contributed by atoms with Gasteiger partial charge in [0.25, 0.3) is 0 Å². The molecular weight excluding hydrogens is 420 g/mol. The first-order valence-corrected chi connectivity index (χ1v) is 11.7. The molecule has 3 aromatic rings. The maximum atomic E-state index is 13.4. The fraction of sp³-hybridized carbons (Fsp3) is 0.300. The van der Waals surface area contributed by atoms with Gasteiger partial charge in [-0.3, -0.25) is 4.79 Å². The van der Waals surface area contributed by atoms with Gasteiger partial charge in [-0.2, -0.15) is 0 Å². The molecule has 4 heteroatoms. The van der Waals surface area contributed by atoms with Crippen molar-refractivity contribution in [3.8, 4) is 16.9 Å². The molecule has 0 fully saturated rings. The summed E-state index contributed by atoms with van der Waals surface area (Å²) in [6.45, 7) is 6.30. The molecular formula is C30H36N2O2. The zero-order valence-electron chi connectivity index (χ0n) is 21.3. The highest BCUT2D eigenvalue weighted by atomic mass is 16.5. The highest BCUT2D eigenvalue weighted by molar-refractivity contribution is 6.09. The van der Waals surface area contributed by atoms with Crippen molar-refractivity contribution in [3.63, 3.8) is 0 Å². The number of ketones is 1. The molecule has 178 valence electrons. The number of allylic oxidation sites excluding steroid dienone is 1. The van der Waals surface area contributed by atoms with E-state index in [1.54, 1.807) is 6.08 Å². The average molecular weight is 457 g/mol. The molecule has 0 saturated heterocycles. The van der Waals surface area contributed by atoms with Crippen LogP contribution in [0.3, 0.4) is 0 Å². The summed E-state index contributed by atoms with van der Waals surface area (Å²) in [6, 6.07) is 20.5. The van der Waals surface area contributed by atoms with Gasteiger partial charge in [-0.1, -0.05) is 65.7 Å². The van der Waals surface area contributed by atoms with Crippen molar-refractivity contribution in [2.75, 3.05) is 41.3 Å². The van der Waals surface area contributed by atoms with Crippen LogP contribution in [-0.4, -0.2) is 56.9 Å². The molecule has 0 unspecified atom stereocenters. The number of hydrogen-bond donors (Lipinski definition) is 0. The van der Waals surface area contributed by atoms with E-state index in [1.807, 2.05) is 70.7 Å². The molecule has 0 N–H and O–H groups in total. The Bertz CT molecular complexity index is 1140. The van der Waals surface area contributed by atoms with E-state index in [0.717, 1.165) is 29.8 Å². The number of benzene rings is 3. The minimum absolute atomic E-state index is 0.0641. The topological polar surface area (TPSA) is 32.8 Å². The fourth-order valence-electron chi connectivity index (χ4n) is 3.94. The molecule has 3 rings (SSSR count). The van der Waals surface area contributed by atoms with Crippen LogP contribution in [0.4, 0.5) is 0 Å². The van der Waals surface area contributed by atoms with Crippen molar-refractivity contribution in [2.45, 2.75) is 20.4 Å². The zero-order valence-corrected chi connectivity index (χ0v) is 21.3. The van der Waals surface area contributed by atoms with E-state index in [9.17, 15) is 4.79 Å². The summed E-state index contributed by atoms with van der Waals surface area (Å²) in [4.78, 5) is 17.6. The van der Waals surface area contributed by atoms with Gasteiger partial charge in [0.05, 0.1) is 5.56 Å². The normalized spacial score (nSPS) is 11.5. The average Bonchev–Trinajstić information content (AvgIpc) is 2.77. The first-order valence-electron chi connectivity index (χ1n) is 11.7. The van der Waals surface area contributed by atoms with E-state index >= 15 is 0 Å². The lowest BCUT2D eigenvalue weighted by molar-refractivity contribution is 0.104. The van der Waals surface area contributed by atoms with Crippen LogP contribution >= 0.6 is 0 Å². The Kier molecular flexibility index (Phi) is 8.80. The Morgan fingerprint density at radius 1 is 0.853 bits per heavy atom. The molecule has 0 radical (unpaired) electrons. The lowest BCUT2D eigenvalue weighted by Gasteiger charge is -2.15. The predicted molar refractivity (Wildman–Crippen MR) is 143 cm³/mol. The molecule has 0 spiro atoms. The molecule has 0 saturated carbocycles. The number of carbonyl (C=O) groups is 1. The molecule has 0 aliphatic heterocycles. The van der Waals surface area contributed by atoms with Crippen LogP contribution in [0.5, 0.6) is 5.75 Å². The van der Waals surface area contributed by atoms with E-state index in [4.69, 9.17) is 4.74 Å². The highest BCUT2D eigenvalue weighted by Crippen LogP contribution is 2.29. The summed E-state index contributed by atoms with van der Waals surface area (Å²) in [5.74, 6) is 0.553. The van der Waals surface area contributed by atoms with Crippen molar-refractivity contribution >= 4 is 11.9 Å². The monoisotopic (exact) mass is 456 g/mol. The summed E-state index contributed by atoms with van der Waals surface area (Å²) in [5.41, 5.74) is 7.33. The molecule has 0 heterocycles. The molecule has 0 atom stereocenters. The fourth-order valence-corrected chi connectivity index (χ4v) is 3.94. The first kappa shape index (κ1) is 25.4. The molecule has 34 heavy (non-hydrogen) atoms. The second-order valence-electron chi connectivity index (χ2n) is 9.37. The number of carbonyl (C=O) groups excluding carboxylic acids is 1. The van der Waals surface area contributed by atoms with Crippen molar-refractivity contribution in [3.05, 3.63) is 94.6 Å². The van der Waals surface area contributed by atoms with Crippen molar-refractivity contribution < 1.29 is 9.53 Å². The van der Waals surface area contributed by atoms with Crippen LogP contribution in [-0.2, 0) is 6.54 Å². The Labute approximate surface area is 204 Å². The molecule has 0 bridgehead atoms. The zero-order chi connectivity index (χ0) is 24.7. The van der Waals surface area contributed by atoms with Gasteiger partial charge in [0.15, 0.2) is 5.78 Å². The van der Waals surface area contributed by atoms with Gasteiger partial charge in [0.2, 0.25) is 0 Å². The number of aryl methyl sites for hydroxylation is 2. The summed E-state index contributed by atoms with van der Waals surface area (Å²) >= 11 is 0. The molecule has 4 nitrogen and oxygen atoms in total. The third-order valence-electron chi connectivity index (χ3n) is 5.55.